The van der Waals surface area contributed by atoms with Gasteiger partial charge in [-0.3, -0.25) is 4.79 Å². The van der Waals surface area contributed by atoms with Crippen LogP contribution in [0.25, 0.3) is 0 Å². The zero-order chi connectivity index (χ0) is 12.7. The summed E-state index contributed by atoms with van der Waals surface area (Å²) >= 11 is 0. The van der Waals surface area contributed by atoms with E-state index in [9.17, 15) is 4.79 Å². The average molecular weight is 233 g/mol. The second-order valence-electron chi connectivity index (χ2n) is 3.55. The molecule has 0 radical (unpaired) electrons. The number of ether oxygens (including phenoxy) is 2. The first-order valence-corrected chi connectivity index (χ1v) is 5.48. The maximum absolute atomic E-state index is 11.2. The van der Waals surface area contributed by atoms with Crippen molar-refractivity contribution in [3.8, 4) is 6.07 Å². The highest BCUT2D eigenvalue weighted by atomic mass is 16.5. The highest BCUT2D eigenvalue weighted by molar-refractivity contribution is 5.69. The van der Waals surface area contributed by atoms with Gasteiger partial charge >= 0.3 is 5.97 Å². The zero-order valence-electron chi connectivity index (χ0n) is 10.0. The van der Waals surface area contributed by atoms with E-state index < -0.39 is 0 Å². The van der Waals surface area contributed by atoms with Crippen molar-refractivity contribution in [2.24, 2.45) is 0 Å². The molecule has 4 heteroatoms. The Morgan fingerprint density at radius 3 is 3.00 bits per heavy atom. The van der Waals surface area contributed by atoms with Gasteiger partial charge in [-0.25, -0.2) is 0 Å². The molecular formula is C13H15NO3. The Morgan fingerprint density at radius 1 is 1.59 bits per heavy atom. The van der Waals surface area contributed by atoms with Crippen LogP contribution in [-0.2, 0) is 14.3 Å². The van der Waals surface area contributed by atoms with E-state index in [1.54, 1.807) is 19.1 Å². The summed E-state index contributed by atoms with van der Waals surface area (Å²) in [6.07, 6.45) is 5.74. The van der Waals surface area contributed by atoms with E-state index in [1.165, 1.54) is 6.08 Å². The quantitative estimate of drug-likeness (QED) is 0.553. The van der Waals surface area contributed by atoms with E-state index in [-0.39, 0.29) is 12.4 Å². The molecule has 0 saturated heterocycles. The molecule has 1 rings (SSSR count). The Labute approximate surface area is 101 Å². The molecule has 0 N–H and O–H groups in total. The van der Waals surface area contributed by atoms with Crippen molar-refractivity contribution in [1.82, 2.24) is 0 Å². The van der Waals surface area contributed by atoms with Crippen LogP contribution in [0.15, 0.2) is 35.3 Å². The second kappa shape index (κ2) is 6.54. The fraction of sp³-hybridized carbons (Fsp3) is 0.385. The SMILES string of the molecule is CCOC(=O)CCC1=CC(=CC#N)C=C(C)O1. The third kappa shape index (κ3) is 4.56. The molecule has 1 aliphatic rings. The molecule has 17 heavy (non-hydrogen) atoms. The molecule has 90 valence electrons. The lowest BCUT2D eigenvalue weighted by Crippen LogP contribution is -2.06. The van der Waals surface area contributed by atoms with Gasteiger partial charge in [-0.05, 0) is 31.6 Å². The van der Waals surface area contributed by atoms with Crippen LogP contribution in [0.4, 0.5) is 0 Å². The van der Waals surface area contributed by atoms with Gasteiger partial charge in [0.15, 0.2) is 0 Å². The minimum Gasteiger partial charge on any atom is -0.466 e. The monoisotopic (exact) mass is 233 g/mol. The van der Waals surface area contributed by atoms with Crippen molar-refractivity contribution in [1.29, 1.82) is 5.26 Å². The molecule has 0 fully saturated rings. The number of nitriles is 1. The Kier molecular flexibility index (Phi) is 5.02. The van der Waals surface area contributed by atoms with Crippen LogP contribution >= 0.6 is 0 Å². The van der Waals surface area contributed by atoms with Crippen LogP contribution in [0, 0.1) is 11.3 Å². The summed E-state index contributed by atoms with van der Waals surface area (Å²) in [6.45, 7) is 3.97. The highest BCUT2D eigenvalue weighted by Gasteiger charge is 2.10. The fourth-order valence-corrected chi connectivity index (χ4v) is 1.47. The predicted octanol–water partition coefficient (Wildman–Crippen LogP) is 2.60. The molecular weight excluding hydrogens is 218 g/mol. The summed E-state index contributed by atoms with van der Waals surface area (Å²) < 4.78 is 10.3. The van der Waals surface area contributed by atoms with Crippen molar-refractivity contribution < 1.29 is 14.3 Å². The van der Waals surface area contributed by atoms with Gasteiger partial charge in [0.25, 0.3) is 0 Å². The summed E-state index contributed by atoms with van der Waals surface area (Å²) in [6, 6.07) is 1.97. The summed E-state index contributed by atoms with van der Waals surface area (Å²) in [4.78, 5) is 11.2. The summed E-state index contributed by atoms with van der Waals surface area (Å²) in [5, 5.41) is 8.58. The Balaban J connectivity index is 2.58. The van der Waals surface area contributed by atoms with Crippen LogP contribution < -0.4 is 0 Å². The molecule has 0 saturated carbocycles. The first-order chi connectivity index (χ1) is 8.15. The van der Waals surface area contributed by atoms with Crippen molar-refractivity contribution >= 4 is 5.97 Å². The van der Waals surface area contributed by atoms with Crippen LogP contribution in [0.3, 0.4) is 0 Å². The largest absolute Gasteiger partial charge is 0.466 e. The first kappa shape index (κ1) is 13.0. The van der Waals surface area contributed by atoms with Gasteiger partial charge < -0.3 is 9.47 Å². The summed E-state index contributed by atoms with van der Waals surface area (Å²) in [7, 11) is 0. The van der Waals surface area contributed by atoms with Gasteiger partial charge in [-0.15, -0.1) is 0 Å². The first-order valence-electron chi connectivity index (χ1n) is 5.48. The molecule has 0 bridgehead atoms. The number of hydrogen-bond acceptors (Lipinski definition) is 4. The van der Waals surface area contributed by atoms with Crippen molar-refractivity contribution in [2.45, 2.75) is 26.7 Å². The van der Waals surface area contributed by atoms with E-state index in [0.29, 0.717) is 24.5 Å². The lowest BCUT2D eigenvalue weighted by molar-refractivity contribution is -0.143. The van der Waals surface area contributed by atoms with E-state index in [4.69, 9.17) is 14.7 Å². The number of hydrogen-bond donors (Lipinski definition) is 0. The number of carbonyl (C=O) groups is 1. The molecule has 0 aliphatic carbocycles. The predicted molar refractivity (Wildman–Crippen MR) is 62.5 cm³/mol. The highest BCUT2D eigenvalue weighted by Crippen LogP contribution is 2.22. The molecule has 0 aromatic rings. The summed E-state index contributed by atoms with van der Waals surface area (Å²) in [5.74, 6) is 1.16. The third-order valence-electron chi connectivity index (χ3n) is 2.10. The normalized spacial score (nSPS) is 16.6. The Morgan fingerprint density at radius 2 is 2.35 bits per heavy atom. The Bertz CT molecular complexity index is 424. The second-order valence-corrected chi connectivity index (χ2v) is 3.55. The average Bonchev–Trinajstić information content (AvgIpc) is 2.26. The number of esters is 1. The maximum atomic E-state index is 11.2. The maximum Gasteiger partial charge on any atom is 0.306 e. The van der Waals surface area contributed by atoms with E-state index in [2.05, 4.69) is 0 Å². The van der Waals surface area contributed by atoms with Gasteiger partial charge in [0.1, 0.15) is 11.5 Å². The standard InChI is InChI=1S/C13H15NO3/c1-3-16-13(15)5-4-12-9-11(6-7-14)8-10(2)17-12/h6,8-9H,3-5H2,1-2H3. The van der Waals surface area contributed by atoms with Crippen LogP contribution in [0.5, 0.6) is 0 Å². The number of rotatable bonds is 4. The van der Waals surface area contributed by atoms with Crippen LogP contribution in [0.2, 0.25) is 0 Å². The van der Waals surface area contributed by atoms with Gasteiger partial charge in [-0.2, -0.15) is 5.26 Å². The molecule has 0 aromatic carbocycles. The summed E-state index contributed by atoms with van der Waals surface area (Å²) in [5.41, 5.74) is 0.787. The lowest BCUT2D eigenvalue weighted by Gasteiger charge is -2.15. The third-order valence-corrected chi connectivity index (χ3v) is 2.10. The van der Waals surface area contributed by atoms with Crippen molar-refractivity contribution in [3.05, 3.63) is 35.3 Å². The minimum atomic E-state index is -0.241. The topological polar surface area (TPSA) is 59.3 Å². The van der Waals surface area contributed by atoms with E-state index in [0.717, 1.165) is 5.57 Å². The molecule has 0 aromatic heterocycles. The molecule has 1 aliphatic heterocycles. The van der Waals surface area contributed by atoms with Gasteiger partial charge in [0.2, 0.25) is 0 Å². The van der Waals surface area contributed by atoms with Crippen molar-refractivity contribution in [2.75, 3.05) is 6.61 Å². The van der Waals surface area contributed by atoms with E-state index >= 15 is 0 Å². The number of allylic oxidation sites excluding steroid dienone is 6. The number of carbonyl (C=O) groups excluding carboxylic acids is 1. The lowest BCUT2D eigenvalue weighted by atomic mass is 10.1. The van der Waals surface area contributed by atoms with Gasteiger partial charge in [-0.1, -0.05) is 0 Å². The molecule has 0 atom stereocenters. The van der Waals surface area contributed by atoms with Gasteiger partial charge in [0, 0.05) is 12.5 Å². The molecule has 1 heterocycles. The molecule has 0 spiro atoms. The number of nitrogens with zero attached hydrogens (tertiary/aromatic N) is 1. The zero-order valence-corrected chi connectivity index (χ0v) is 10.0. The molecule has 4 nitrogen and oxygen atoms in total. The molecule has 0 amide bonds. The van der Waals surface area contributed by atoms with Gasteiger partial charge in [0.05, 0.1) is 19.1 Å². The van der Waals surface area contributed by atoms with Crippen molar-refractivity contribution in [3.63, 3.8) is 0 Å². The minimum absolute atomic E-state index is 0.241. The fourth-order valence-electron chi connectivity index (χ4n) is 1.47. The smallest absolute Gasteiger partial charge is 0.306 e. The van der Waals surface area contributed by atoms with Crippen LogP contribution in [-0.4, -0.2) is 12.6 Å². The van der Waals surface area contributed by atoms with Crippen LogP contribution in [0.1, 0.15) is 26.7 Å². The Hall–Kier alpha value is -2.02. The van der Waals surface area contributed by atoms with E-state index in [1.807, 2.05) is 13.0 Å². The molecule has 0 unspecified atom stereocenters.